The van der Waals surface area contributed by atoms with Gasteiger partial charge in [-0.1, -0.05) is 41.9 Å². The number of amides is 2. The number of likely N-dealkylation sites (N-methyl/N-ethyl adjacent to an activating group) is 1. The molecule has 2 aromatic rings. The second-order valence-electron chi connectivity index (χ2n) is 6.90. The molecule has 0 saturated carbocycles. The van der Waals surface area contributed by atoms with Gasteiger partial charge in [0.25, 0.3) is 5.91 Å². The molecule has 2 aromatic carbocycles. The van der Waals surface area contributed by atoms with Gasteiger partial charge in [0.05, 0.1) is 13.6 Å². The van der Waals surface area contributed by atoms with Crippen LogP contribution in [-0.2, 0) is 16.1 Å². The molecule has 2 atom stereocenters. The van der Waals surface area contributed by atoms with Gasteiger partial charge >= 0.3 is 0 Å². The zero-order chi connectivity index (χ0) is 20.0. The normalized spacial score (nSPS) is 12.9. The Morgan fingerprint density at radius 1 is 1.07 bits per heavy atom. The third-order valence-corrected chi connectivity index (χ3v) is 4.95. The maximum atomic E-state index is 12.4. The van der Waals surface area contributed by atoms with Crippen LogP contribution in [0.5, 0.6) is 0 Å². The summed E-state index contributed by atoms with van der Waals surface area (Å²) in [6, 6.07) is 13.1. The van der Waals surface area contributed by atoms with Gasteiger partial charge in [0.2, 0.25) is 5.91 Å². The summed E-state index contributed by atoms with van der Waals surface area (Å²) in [5.74, 6) is -0.388. The van der Waals surface area contributed by atoms with Gasteiger partial charge in [-0.25, -0.2) is 0 Å². The highest BCUT2D eigenvalue weighted by molar-refractivity contribution is 6.30. The quantitative estimate of drug-likeness (QED) is 0.680. The van der Waals surface area contributed by atoms with Gasteiger partial charge in [-0.3, -0.25) is 9.59 Å². The molecule has 0 aliphatic carbocycles. The second kappa shape index (κ2) is 9.53. The topological polar surface area (TPSA) is 62.6 Å². The number of anilines is 1. The Bertz CT molecular complexity index is 785. The maximum Gasteiger partial charge on any atom is 0.278 e. The molecule has 6 heteroatoms. The van der Waals surface area contributed by atoms with E-state index in [1.54, 1.807) is 0 Å². The number of carbonyl (C=O) groups excluding carboxylic acids is 2. The van der Waals surface area contributed by atoms with Crippen LogP contribution in [0.3, 0.4) is 0 Å². The van der Waals surface area contributed by atoms with Crippen molar-refractivity contribution in [2.24, 2.45) is 0 Å². The summed E-state index contributed by atoms with van der Waals surface area (Å²) in [5.41, 5.74) is 3.89. The lowest BCUT2D eigenvalue weighted by molar-refractivity contribution is -0.908. The summed E-state index contributed by atoms with van der Waals surface area (Å²) < 4.78 is 0. The lowest BCUT2D eigenvalue weighted by Crippen LogP contribution is -3.12. The summed E-state index contributed by atoms with van der Waals surface area (Å²) >= 11 is 5.90. The maximum absolute atomic E-state index is 12.4. The van der Waals surface area contributed by atoms with Gasteiger partial charge in [0.15, 0.2) is 6.04 Å². The average Bonchev–Trinajstić information content (AvgIpc) is 2.64. The minimum Gasteiger partial charge on any atom is -0.342 e. The lowest BCUT2D eigenvalue weighted by Gasteiger charge is -2.21. The van der Waals surface area contributed by atoms with E-state index in [1.807, 2.05) is 70.3 Å². The van der Waals surface area contributed by atoms with E-state index in [1.165, 1.54) is 0 Å². The van der Waals surface area contributed by atoms with Gasteiger partial charge in [-0.2, -0.15) is 0 Å². The van der Waals surface area contributed by atoms with Crippen molar-refractivity contribution in [2.45, 2.75) is 33.4 Å². The van der Waals surface area contributed by atoms with E-state index < -0.39 is 0 Å². The zero-order valence-electron chi connectivity index (χ0n) is 16.2. The molecule has 3 N–H and O–H groups in total. The number of hydrogen-bond donors (Lipinski definition) is 3. The first-order valence-electron chi connectivity index (χ1n) is 8.98. The third-order valence-electron chi connectivity index (χ3n) is 4.70. The molecule has 0 saturated heterocycles. The molecule has 1 unspecified atom stereocenters. The predicted octanol–water partition coefficient (Wildman–Crippen LogP) is 2.11. The molecule has 0 heterocycles. The fourth-order valence-corrected chi connectivity index (χ4v) is 2.94. The molecular weight excluding hydrogens is 362 g/mol. The molecule has 0 aliphatic rings. The van der Waals surface area contributed by atoms with E-state index in [2.05, 4.69) is 10.6 Å². The SMILES string of the molecule is Cc1cccc(C)c1NC(=O)CNC(=O)[C@@H](C)[NH+](C)Cc1ccc(Cl)cc1. The van der Waals surface area contributed by atoms with Crippen molar-refractivity contribution < 1.29 is 14.5 Å². The summed E-state index contributed by atoms with van der Waals surface area (Å²) in [5, 5.41) is 6.29. The lowest BCUT2D eigenvalue weighted by atomic mass is 10.1. The average molecular weight is 389 g/mol. The van der Waals surface area contributed by atoms with Crippen LogP contribution >= 0.6 is 11.6 Å². The van der Waals surface area contributed by atoms with Crippen LogP contribution in [0.4, 0.5) is 5.69 Å². The number of nitrogens with one attached hydrogen (secondary N) is 3. The molecule has 0 radical (unpaired) electrons. The van der Waals surface area contributed by atoms with E-state index in [-0.39, 0.29) is 24.4 Å². The largest absolute Gasteiger partial charge is 0.342 e. The molecule has 2 rings (SSSR count). The minimum atomic E-state index is -0.284. The summed E-state index contributed by atoms with van der Waals surface area (Å²) in [7, 11) is 1.95. The number of quaternary nitrogens is 1. The van der Waals surface area contributed by atoms with E-state index in [4.69, 9.17) is 11.6 Å². The number of para-hydroxylation sites is 1. The molecule has 2 amide bonds. The van der Waals surface area contributed by atoms with Gasteiger partial charge in [0.1, 0.15) is 6.54 Å². The van der Waals surface area contributed by atoms with Crippen molar-refractivity contribution in [3.05, 3.63) is 64.2 Å². The zero-order valence-corrected chi connectivity index (χ0v) is 17.0. The monoisotopic (exact) mass is 388 g/mol. The Labute approximate surface area is 165 Å². The highest BCUT2D eigenvalue weighted by Gasteiger charge is 2.22. The number of carbonyl (C=O) groups is 2. The Kier molecular flexibility index (Phi) is 7.39. The first kappa shape index (κ1) is 20.9. The third kappa shape index (κ3) is 6.08. The number of benzene rings is 2. The van der Waals surface area contributed by atoms with Crippen LogP contribution in [0.2, 0.25) is 5.02 Å². The number of rotatable bonds is 7. The number of aryl methyl sites for hydroxylation is 2. The molecule has 5 nitrogen and oxygen atoms in total. The highest BCUT2D eigenvalue weighted by Crippen LogP contribution is 2.18. The van der Waals surface area contributed by atoms with Gasteiger partial charge in [-0.15, -0.1) is 0 Å². The molecule has 144 valence electrons. The van der Waals surface area contributed by atoms with Crippen LogP contribution in [0, 0.1) is 13.8 Å². The van der Waals surface area contributed by atoms with Crippen molar-refractivity contribution in [1.82, 2.24) is 5.32 Å². The Hall–Kier alpha value is -2.37. The Morgan fingerprint density at radius 3 is 2.26 bits per heavy atom. The summed E-state index contributed by atoms with van der Waals surface area (Å²) in [6.45, 7) is 6.38. The first-order chi connectivity index (χ1) is 12.8. The van der Waals surface area contributed by atoms with E-state index >= 15 is 0 Å². The minimum absolute atomic E-state index is 0.0504. The van der Waals surface area contributed by atoms with Crippen molar-refractivity contribution in [2.75, 3.05) is 18.9 Å². The number of halogens is 1. The van der Waals surface area contributed by atoms with Crippen molar-refractivity contribution in [3.63, 3.8) is 0 Å². The smallest absolute Gasteiger partial charge is 0.278 e. The van der Waals surface area contributed by atoms with Crippen LogP contribution < -0.4 is 15.5 Å². The molecule has 0 fully saturated rings. The molecule has 27 heavy (non-hydrogen) atoms. The highest BCUT2D eigenvalue weighted by atomic mass is 35.5. The van der Waals surface area contributed by atoms with E-state index in [9.17, 15) is 9.59 Å². The van der Waals surface area contributed by atoms with Crippen molar-refractivity contribution >= 4 is 29.1 Å². The molecular formula is C21H27ClN3O2+. The molecule has 0 spiro atoms. The van der Waals surface area contributed by atoms with Gasteiger partial charge < -0.3 is 15.5 Å². The van der Waals surface area contributed by atoms with Crippen molar-refractivity contribution in [3.8, 4) is 0 Å². The Morgan fingerprint density at radius 2 is 1.67 bits per heavy atom. The van der Waals surface area contributed by atoms with Crippen molar-refractivity contribution in [1.29, 1.82) is 0 Å². The molecule has 0 bridgehead atoms. The Balaban J connectivity index is 1.84. The fraction of sp³-hybridized carbons (Fsp3) is 0.333. The van der Waals surface area contributed by atoms with Crippen LogP contribution in [0.15, 0.2) is 42.5 Å². The van der Waals surface area contributed by atoms with Gasteiger partial charge in [0, 0.05) is 16.3 Å². The standard InChI is InChI=1S/C21H26ClN3O2/c1-14-6-5-7-15(2)20(14)24-19(26)12-23-21(27)16(3)25(4)13-17-8-10-18(22)11-9-17/h5-11,16H,12-13H2,1-4H3,(H,23,27)(H,24,26)/p+1/t16-/m1/s1. The fourth-order valence-electron chi connectivity index (χ4n) is 2.82. The second-order valence-corrected chi connectivity index (χ2v) is 7.34. The summed E-state index contributed by atoms with van der Waals surface area (Å²) in [4.78, 5) is 25.6. The van der Waals surface area contributed by atoms with Gasteiger partial charge in [-0.05, 0) is 44.0 Å². The predicted molar refractivity (Wildman–Crippen MR) is 109 cm³/mol. The van der Waals surface area contributed by atoms with Crippen LogP contribution in [-0.4, -0.2) is 31.4 Å². The van der Waals surface area contributed by atoms with Crippen LogP contribution in [0.1, 0.15) is 23.6 Å². The van der Waals surface area contributed by atoms with E-state index in [0.29, 0.717) is 11.6 Å². The number of hydrogen-bond acceptors (Lipinski definition) is 2. The molecule has 0 aromatic heterocycles. The van der Waals surface area contributed by atoms with Crippen LogP contribution in [0.25, 0.3) is 0 Å². The van der Waals surface area contributed by atoms with E-state index in [0.717, 1.165) is 27.3 Å². The molecule has 0 aliphatic heterocycles. The summed E-state index contributed by atoms with van der Waals surface area (Å²) in [6.07, 6.45) is 0. The first-order valence-corrected chi connectivity index (χ1v) is 9.36.